The molecule has 2 aliphatic rings. The lowest BCUT2D eigenvalue weighted by Gasteiger charge is -2.19. The molecule has 0 bridgehead atoms. The first-order valence-electron chi connectivity index (χ1n) is 7.72. The van der Waals surface area contributed by atoms with Crippen LogP contribution in [0.1, 0.15) is 31.4 Å². The van der Waals surface area contributed by atoms with E-state index in [0.717, 1.165) is 17.7 Å². The molecule has 6 nitrogen and oxygen atoms in total. The Hall–Kier alpha value is -1.79. The Balaban J connectivity index is 1.60. The summed E-state index contributed by atoms with van der Waals surface area (Å²) in [5.74, 6) is -0.743. The van der Waals surface area contributed by atoms with Gasteiger partial charge in [-0.1, -0.05) is 29.3 Å². The van der Waals surface area contributed by atoms with Crippen LogP contribution in [0.3, 0.4) is 0 Å². The van der Waals surface area contributed by atoms with E-state index in [-0.39, 0.29) is 37.1 Å². The van der Waals surface area contributed by atoms with Crippen molar-refractivity contribution in [3.63, 3.8) is 0 Å². The van der Waals surface area contributed by atoms with Gasteiger partial charge in [0.25, 0.3) is 5.91 Å². The van der Waals surface area contributed by atoms with Crippen LogP contribution in [0.15, 0.2) is 18.2 Å². The maximum atomic E-state index is 12.2. The van der Waals surface area contributed by atoms with Gasteiger partial charge in [0.2, 0.25) is 5.91 Å². The second-order valence-corrected chi connectivity index (χ2v) is 6.92. The van der Waals surface area contributed by atoms with Crippen LogP contribution in [0.4, 0.5) is 4.79 Å². The Bertz CT molecular complexity index is 706. The molecule has 1 aromatic rings. The summed E-state index contributed by atoms with van der Waals surface area (Å²) in [6.07, 6.45) is 1.84. The van der Waals surface area contributed by atoms with E-state index in [1.54, 1.807) is 25.1 Å². The maximum absolute atomic E-state index is 12.2. The summed E-state index contributed by atoms with van der Waals surface area (Å²) < 4.78 is 0. The highest BCUT2D eigenvalue weighted by atomic mass is 35.5. The fourth-order valence-electron chi connectivity index (χ4n) is 2.75. The van der Waals surface area contributed by atoms with Gasteiger partial charge in [0.15, 0.2) is 0 Å². The lowest BCUT2D eigenvalue weighted by molar-refractivity contribution is -0.131. The second-order valence-electron chi connectivity index (χ2n) is 6.08. The predicted octanol–water partition coefficient (Wildman–Crippen LogP) is 2.60. The van der Waals surface area contributed by atoms with Crippen molar-refractivity contribution in [2.24, 2.45) is 0 Å². The molecule has 1 atom stereocenters. The molecule has 1 heterocycles. The average molecular weight is 370 g/mol. The zero-order valence-electron chi connectivity index (χ0n) is 13.1. The van der Waals surface area contributed by atoms with E-state index in [2.05, 4.69) is 5.32 Å². The van der Waals surface area contributed by atoms with Crippen molar-refractivity contribution in [2.45, 2.75) is 31.8 Å². The van der Waals surface area contributed by atoms with Crippen LogP contribution in [0.25, 0.3) is 0 Å². The van der Waals surface area contributed by atoms with Crippen molar-refractivity contribution < 1.29 is 14.4 Å². The molecule has 0 spiro atoms. The lowest BCUT2D eigenvalue weighted by atomic mass is 10.1. The van der Waals surface area contributed by atoms with Gasteiger partial charge in [0.1, 0.15) is 13.1 Å². The van der Waals surface area contributed by atoms with Crippen LogP contribution in [0, 0.1) is 0 Å². The third kappa shape index (κ3) is 3.49. The van der Waals surface area contributed by atoms with Gasteiger partial charge in [0.05, 0.1) is 6.04 Å². The molecule has 8 heteroatoms. The molecule has 24 heavy (non-hydrogen) atoms. The van der Waals surface area contributed by atoms with Gasteiger partial charge in [-0.15, -0.1) is 0 Å². The van der Waals surface area contributed by atoms with E-state index < -0.39 is 5.91 Å². The van der Waals surface area contributed by atoms with Gasteiger partial charge in [-0.3, -0.25) is 14.5 Å². The van der Waals surface area contributed by atoms with E-state index >= 15 is 0 Å². The quantitative estimate of drug-likeness (QED) is 0.810. The predicted molar refractivity (Wildman–Crippen MR) is 89.9 cm³/mol. The van der Waals surface area contributed by atoms with Crippen LogP contribution in [0.5, 0.6) is 0 Å². The smallest absolute Gasteiger partial charge is 0.327 e. The number of urea groups is 1. The normalized spacial score (nSPS) is 19.0. The van der Waals surface area contributed by atoms with Crippen molar-refractivity contribution >= 4 is 41.0 Å². The first kappa shape index (κ1) is 17.0. The van der Waals surface area contributed by atoms with E-state index in [0.29, 0.717) is 15.6 Å². The van der Waals surface area contributed by atoms with Crippen LogP contribution in [-0.2, 0) is 9.59 Å². The van der Waals surface area contributed by atoms with Crippen LogP contribution < -0.4 is 5.32 Å². The number of benzene rings is 1. The Morgan fingerprint density at radius 2 is 2.04 bits per heavy atom. The molecule has 1 aromatic carbocycles. The van der Waals surface area contributed by atoms with Crippen LogP contribution in [0.2, 0.25) is 10.0 Å². The minimum absolute atomic E-state index is 0.0648. The molecule has 0 aromatic heterocycles. The van der Waals surface area contributed by atoms with E-state index in [1.807, 2.05) is 0 Å². The molecular formula is C16H17Cl2N3O3. The van der Waals surface area contributed by atoms with Crippen molar-refractivity contribution in [3.05, 3.63) is 33.8 Å². The van der Waals surface area contributed by atoms with Crippen molar-refractivity contribution in [1.29, 1.82) is 0 Å². The number of rotatable bonds is 5. The summed E-state index contributed by atoms with van der Waals surface area (Å²) in [4.78, 5) is 38.9. The number of amides is 4. The molecule has 1 saturated heterocycles. The van der Waals surface area contributed by atoms with Gasteiger partial charge in [-0.25, -0.2) is 4.79 Å². The molecule has 1 N–H and O–H groups in total. The minimum atomic E-state index is -0.409. The monoisotopic (exact) mass is 369 g/mol. The van der Waals surface area contributed by atoms with Crippen LogP contribution in [-0.4, -0.2) is 46.8 Å². The maximum Gasteiger partial charge on any atom is 0.327 e. The third-order valence-electron chi connectivity index (χ3n) is 4.18. The number of nitrogens with zero attached hydrogens (tertiary/aromatic N) is 2. The topological polar surface area (TPSA) is 69.7 Å². The summed E-state index contributed by atoms with van der Waals surface area (Å²) in [5.41, 5.74) is 0.716. The number of carbonyl (C=O) groups is 3. The first-order valence-corrected chi connectivity index (χ1v) is 8.47. The third-order valence-corrected chi connectivity index (χ3v) is 4.74. The SMILES string of the molecule is CC(NC(=O)CN1C(=O)CN(C2CC2)C1=O)c1ccc(Cl)cc1Cl. The zero-order chi connectivity index (χ0) is 17.4. The highest BCUT2D eigenvalue weighted by Crippen LogP contribution is 2.30. The summed E-state index contributed by atoms with van der Waals surface area (Å²) >= 11 is 12.0. The molecule has 2 fully saturated rings. The zero-order valence-corrected chi connectivity index (χ0v) is 14.6. The molecule has 128 valence electrons. The van der Waals surface area contributed by atoms with Crippen molar-refractivity contribution in [3.8, 4) is 0 Å². The van der Waals surface area contributed by atoms with Gasteiger partial charge >= 0.3 is 6.03 Å². The molecular weight excluding hydrogens is 353 g/mol. The Morgan fingerprint density at radius 3 is 2.67 bits per heavy atom. The molecule has 1 aliphatic heterocycles. The average Bonchev–Trinajstić information content (AvgIpc) is 3.30. The summed E-state index contributed by atoms with van der Waals surface area (Å²) in [7, 11) is 0. The second kappa shape index (κ2) is 6.61. The Kier molecular flexibility index (Phi) is 4.69. The molecule has 1 aliphatic carbocycles. The van der Waals surface area contributed by atoms with E-state index in [1.165, 1.54) is 4.90 Å². The molecule has 1 unspecified atom stereocenters. The van der Waals surface area contributed by atoms with Gasteiger partial charge in [-0.05, 0) is 37.5 Å². The summed E-state index contributed by atoms with van der Waals surface area (Å²) in [5, 5.41) is 3.71. The largest absolute Gasteiger partial charge is 0.348 e. The summed E-state index contributed by atoms with van der Waals surface area (Å²) in [6.45, 7) is 1.56. The Morgan fingerprint density at radius 1 is 1.33 bits per heavy atom. The van der Waals surface area contributed by atoms with E-state index in [4.69, 9.17) is 23.2 Å². The number of hydrogen-bond donors (Lipinski definition) is 1. The first-order chi connectivity index (χ1) is 11.4. The number of imide groups is 1. The molecule has 0 radical (unpaired) electrons. The Labute approximate surface area is 149 Å². The van der Waals surface area contributed by atoms with E-state index in [9.17, 15) is 14.4 Å². The van der Waals surface area contributed by atoms with Crippen molar-refractivity contribution in [2.75, 3.05) is 13.1 Å². The number of nitrogens with one attached hydrogen (secondary N) is 1. The molecule has 1 saturated carbocycles. The fourth-order valence-corrected chi connectivity index (χ4v) is 3.32. The van der Waals surface area contributed by atoms with Crippen molar-refractivity contribution in [1.82, 2.24) is 15.1 Å². The number of halogens is 2. The molecule has 3 rings (SSSR count). The fraction of sp³-hybridized carbons (Fsp3) is 0.438. The summed E-state index contributed by atoms with van der Waals surface area (Å²) in [6, 6.07) is 4.43. The van der Waals surface area contributed by atoms with Gasteiger partial charge in [-0.2, -0.15) is 0 Å². The highest BCUT2D eigenvalue weighted by Gasteiger charge is 2.44. The number of carbonyl (C=O) groups excluding carboxylic acids is 3. The van der Waals surface area contributed by atoms with Crippen LogP contribution >= 0.6 is 23.2 Å². The lowest BCUT2D eigenvalue weighted by Crippen LogP contribution is -2.42. The molecule has 4 amide bonds. The van der Waals surface area contributed by atoms with Gasteiger partial charge < -0.3 is 10.2 Å². The number of hydrogen-bond acceptors (Lipinski definition) is 3. The van der Waals surface area contributed by atoms with Gasteiger partial charge in [0, 0.05) is 16.1 Å². The highest BCUT2D eigenvalue weighted by molar-refractivity contribution is 6.35. The minimum Gasteiger partial charge on any atom is -0.348 e. The standard InChI is InChI=1S/C16H17Cl2N3O3/c1-9(12-5-2-10(17)6-13(12)18)19-14(22)7-21-15(23)8-20(16(21)24)11-3-4-11/h2,5-6,9,11H,3-4,7-8H2,1H3,(H,19,22).